The molecule has 2 aromatic carbocycles. The van der Waals surface area contributed by atoms with E-state index in [-0.39, 0.29) is 29.4 Å². The van der Waals surface area contributed by atoms with Gasteiger partial charge in [-0.2, -0.15) is 0 Å². The van der Waals surface area contributed by atoms with E-state index in [1.54, 1.807) is 24.3 Å². The van der Waals surface area contributed by atoms with E-state index in [1.165, 1.54) is 26.4 Å². The van der Waals surface area contributed by atoms with Crippen molar-refractivity contribution >= 4 is 29.2 Å². The second-order valence-corrected chi connectivity index (χ2v) is 5.30. The predicted octanol–water partition coefficient (Wildman–Crippen LogP) is 3.07. The van der Waals surface area contributed by atoms with Crippen molar-refractivity contribution in [3.05, 3.63) is 47.0 Å². The number of rotatable bonds is 7. The van der Waals surface area contributed by atoms with Crippen LogP contribution in [0.25, 0.3) is 0 Å². The first-order valence-electron chi connectivity index (χ1n) is 7.12. The fourth-order valence-electron chi connectivity index (χ4n) is 2.05. The summed E-state index contributed by atoms with van der Waals surface area (Å²) in [5.74, 6) is -1.13. The Morgan fingerprint density at radius 2 is 1.76 bits per heavy atom. The number of hydrogen-bond donors (Lipinski definition) is 2. The highest BCUT2D eigenvalue weighted by molar-refractivity contribution is 6.30. The van der Waals surface area contributed by atoms with Crippen LogP contribution >= 0.6 is 11.6 Å². The lowest BCUT2D eigenvalue weighted by molar-refractivity contribution is -0.118. The highest BCUT2D eigenvalue weighted by Crippen LogP contribution is 2.38. The number of methoxy groups -OCH3 is 2. The predicted molar refractivity (Wildman–Crippen MR) is 92.1 cm³/mol. The second-order valence-electron chi connectivity index (χ2n) is 4.86. The van der Waals surface area contributed by atoms with Crippen LogP contribution in [0.2, 0.25) is 5.02 Å². The van der Waals surface area contributed by atoms with Crippen molar-refractivity contribution < 1.29 is 28.9 Å². The Bertz CT molecular complexity index is 767. The molecular weight excluding hydrogens is 350 g/mol. The lowest BCUT2D eigenvalue weighted by Gasteiger charge is -2.15. The number of carboxylic acid groups (broad SMARTS) is 1. The minimum atomic E-state index is -1.14. The molecule has 132 valence electrons. The Morgan fingerprint density at radius 3 is 2.28 bits per heavy atom. The number of ether oxygens (including phenoxy) is 3. The molecule has 0 bridgehead atoms. The van der Waals surface area contributed by atoms with E-state index in [1.807, 2.05) is 0 Å². The highest BCUT2D eigenvalue weighted by atomic mass is 35.5. The molecule has 0 spiro atoms. The maximum atomic E-state index is 12.0. The van der Waals surface area contributed by atoms with E-state index < -0.39 is 11.9 Å². The number of amides is 1. The molecule has 0 fully saturated rings. The summed E-state index contributed by atoms with van der Waals surface area (Å²) in [6.07, 6.45) is 0. The summed E-state index contributed by atoms with van der Waals surface area (Å²) in [6, 6.07) is 9.25. The minimum Gasteiger partial charge on any atom is -0.493 e. The monoisotopic (exact) mass is 365 g/mol. The molecule has 0 saturated heterocycles. The van der Waals surface area contributed by atoms with Gasteiger partial charge < -0.3 is 24.6 Å². The molecule has 1 amide bonds. The molecule has 0 heterocycles. The standard InChI is InChI=1S/C17H16ClNO6/c1-23-13-6-10(17(21)22)7-14(24-2)16(13)25-9-15(20)19-12-5-3-4-11(18)8-12/h3-8H,9H2,1-2H3,(H,19,20)(H,21,22). The van der Waals surface area contributed by atoms with Gasteiger partial charge >= 0.3 is 5.97 Å². The van der Waals surface area contributed by atoms with Gasteiger partial charge in [0, 0.05) is 10.7 Å². The molecule has 0 aliphatic rings. The van der Waals surface area contributed by atoms with Gasteiger partial charge in [-0.25, -0.2) is 4.79 Å². The van der Waals surface area contributed by atoms with Crippen LogP contribution in [0.15, 0.2) is 36.4 Å². The zero-order valence-corrected chi connectivity index (χ0v) is 14.3. The number of carbonyl (C=O) groups is 2. The molecule has 25 heavy (non-hydrogen) atoms. The Morgan fingerprint density at radius 1 is 1.12 bits per heavy atom. The lowest BCUT2D eigenvalue weighted by Crippen LogP contribution is -2.20. The summed E-state index contributed by atoms with van der Waals surface area (Å²) in [5, 5.41) is 12.2. The fraction of sp³-hybridized carbons (Fsp3) is 0.176. The van der Waals surface area contributed by atoms with Crippen molar-refractivity contribution in [2.24, 2.45) is 0 Å². The number of nitrogens with one attached hydrogen (secondary N) is 1. The van der Waals surface area contributed by atoms with Crippen LogP contribution in [0.3, 0.4) is 0 Å². The van der Waals surface area contributed by atoms with Gasteiger partial charge in [0.1, 0.15) is 0 Å². The Hall–Kier alpha value is -2.93. The quantitative estimate of drug-likeness (QED) is 0.783. The van der Waals surface area contributed by atoms with E-state index in [4.69, 9.17) is 30.9 Å². The number of hydrogen-bond acceptors (Lipinski definition) is 5. The van der Waals surface area contributed by atoms with Crippen molar-refractivity contribution in [2.45, 2.75) is 0 Å². The molecule has 0 radical (unpaired) electrons. The van der Waals surface area contributed by atoms with Crippen molar-refractivity contribution in [2.75, 3.05) is 26.1 Å². The summed E-state index contributed by atoms with van der Waals surface area (Å²) in [4.78, 5) is 23.1. The fourth-order valence-corrected chi connectivity index (χ4v) is 2.24. The van der Waals surface area contributed by atoms with Crippen LogP contribution < -0.4 is 19.5 Å². The first kappa shape index (κ1) is 18.4. The van der Waals surface area contributed by atoms with E-state index in [0.717, 1.165) is 0 Å². The molecule has 2 aromatic rings. The molecule has 8 heteroatoms. The third kappa shape index (κ3) is 4.77. The molecule has 0 aliphatic carbocycles. The van der Waals surface area contributed by atoms with Crippen LogP contribution in [0, 0.1) is 0 Å². The minimum absolute atomic E-state index is 0.0237. The third-order valence-corrected chi connectivity index (χ3v) is 3.40. The van der Waals surface area contributed by atoms with Crippen LogP contribution in [0.1, 0.15) is 10.4 Å². The van der Waals surface area contributed by atoms with E-state index >= 15 is 0 Å². The first-order valence-corrected chi connectivity index (χ1v) is 7.50. The summed E-state index contributed by atoms with van der Waals surface area (Å²) < 4.78 is 15.7. The largest absolute Gasteiger partial charge is 0.493 e. The van der Waals surface area contributed by atoms with E-state index in [9.17, 15) is 9.59 Å². The number of aromatic carboxylic acids is 1. The van der Waals surface area contributed by atoms with E-state index in [0.29, 0.717) is 10.7 Å². The molecule has 2 N–H and O–H groups in total. The van der Waals surface area contributed by atoms with Gasteiger partial charge in [0.2, 0.25) is 5.75 Å². The van der Waals surface area contributed by atoms with Gasteiger partial charge in [0.15, 0.2) is 18.1 Å². The van der Waals surface area contributed by atoms with Crippen molar-refractivity contribution in [3.63, 3.8) is 0 Å². The van der Waals surface area contributed by atoms with Gasteiger partial charge in [-0.3, -0.25) is 4.79 Å². The maximum Gasteiger partial charge on any atom is 0.335 e. The molecule has 0 atom stereocenters. The number of carbonyl (C=O) groups excluding carboxylic acids is 1. The second kappa shape index (κ2) is 8.25. The Labute approximate surface area is 149 Å². The Kier molecular flexibility index (Phi) is 6.08. The van der Waals surface area contributed by atoms with Gasteiger partial charge in [-0.15, -0.1) is 0 Å². The zero-order chi connectivity index (χ0) is 18.4. The molecule has 0 unspecified atom stereocenters. The number of carboxylic acids is 1. The molecule has 7 nitrogen and oxygen atoms in total. The number of benzene rings is 2. The molecule has 0 aromatic heterocycles. The summed E-state index contributed by atoms with van der Waals surface area (Å²) in [5.41, 5.74) is 0.505. The first-order chi connectivity index (χ1) is 11.9. The van der Waals surface area contributed by atoms with Crippen LogP contribution in [0.5, 0.6) is 17.2 Å². The van der Waals surface area contributed by atoms with Crippen molar-refractivity contribution in [1.29, 1.82) is 0 Å². The third-order valence-electron chi connectivity index (χ3n) is 3.16. The maximum absolute atomic E-state index is 12.0. The summed E-state index contributed by atoms with van der Waals surface area (Å²) >= 11 is 5.86. The van der Waals surface area contributed by atoms with Crippen molar-refractivity contribution in [1.82, 2.24) is 0 Å². The molecular formula is C17H16ClNO6. The van der Waals surface area contributed by atoms with E-state index in [2.05, 4.69) is 5.32 Å². The van der Waals surface area contributed by atoms with Gasteiger partial charge in [-0.05, 0) is 30.3 Å². The van der Waals surface area contributed by atoms with Crippen molar-refractivity contribution in [3.8, 4) is 17.2 Å². The smallest absolute Gasteiger partial charge is 0.335 e. The van der Waals surface area contributed by atoms with Gasteiger partial charge in [0.05, 0.1) is 19.8 Å². The van der Waals surface area contributed by atoms with Crippen LogP contribution in [-0.4, -0.2) is 37.8 Å². The number of anilines is 1. The summed E-state index contributed by atoms with van der Waals surface area (Å²) in [6.45, 7) is -0.328. The average Bonchev–Trinajstić information content (AvgIpc) is 2.59. The summed E-state index contributed by atoms with van der Waals surface area (Å²) in [7, 11) is 2.72. The van der Waals surface area contributed by atoms with Crippen LogP contribution in [0.4, 0.5) is 5.69 Å². The highest BCUT2D eigenvalue weighted by Gasteiger charge is 2.18. The topological polar surface area (TPSA) is 94.1 Å². The average molecular weight is 366 g/mol. The SMILES string of the molecule is COc1cc(C(=O)O)cc(OC)c1OCC(=O)Nc1cccc(Cl)c1. The molecule has 0 aliphatic heterocycles. The van der Waals surface area contributed by atoms with Crippen LogP contribution in [-0.2, 0) is 4.79 Å². The van der Waals surface area contributed by atoms with Gasteiger partial charge in [0.25, 0.3) is 5.91 Å². The number of halogens is 1. The zero-order valence-electron chi connectivity index (χ0n) is 13.5. The lowest BCUT2D eigenvalue weighted by atomic mass is 10.2. The molecule has 0 saturated carbocycles. The van der Waals surface area contributed by atoms with Gasteiger partial charge in [-0.1, -0.05) is 17.7 Å². The molecule has 2 rings (SSSR count). The Balaban J connectivity index is 2.13. The normalized spacial score (nSPS) is 10.0.